The Bertz CT molecular complexity index is 1300. The molecule has 0 saturated carbocycles. The number of non-ortho nitro benzene ring substituents is 1. The number of rotatable bonds is 5. The van der Waals surface area contributed by atoms with Crippen LogP contribution in [0.4, 0.5) is 11.4 Å². The zero-order valence-electron chi connectivity index (χ0n) is 15.4. The molecule has 0 spiro atoms. The Morgan fingerprint density at radius 2 is 1.73 bits per heavy atom. The van der Waals surface area contributed by atoms with Gasteiger partial charge in [0.15, 0.2) is 5.75 Å². The third-order valence-electron chi connectivity index (χ3n) is 4.06. The van der Waals surface area contributed by atoms with E-state index >= 15 is 0 Å². The number of nitrogens with one attached hydrogen (secondary N) is 1. The number of ether oxygens (including phenoxy) is 1. The summed E-state index contributed by atoms with van der Waals surface area (Å²) in [5.41, 5.74) is -0.375. The van der Waals surface area contributed by atoms with Crippen molar-refractivity contribution in [1.29, 1.82) is 0 Å². The van der Waals surface area contributed by atoms with E-state index < -0.39 is 31.8 Å². The molecule has 11 heteroatoms. The standard InChI is InChI=1S/C19H14N2O8S/c1-11(22)29-16-10-17(30(26,27)28)14-7-2-3-8-15(14)18(16)20-19(23)12-5-4-6-13(9-12)21(24)25/h2-10H,1H3,(H,20,23)(H,26,27,28). The highest BCUT2D eigenvalue weighted by atomic mass is 32.2. The van der Waals surface area contributed by atoms with Crippen molar-refractivity contribution < 1.29 is 32.2 Å². The van der Waals surface area contributed by atoms with Gasteiger partial charge in [-0.1, -0.05) is 30.3 Å². The maximum Gasteiger partial charge on any atom is 0.308 e. The molecule has 0 aromatic heterocycles. The van der Waals surface area contributed by atoms with Crippen LogP contribution in [0.3, 0.4) is 0 Å². The lowest BCUT2D eigenvalue weighted by molar-refractivity contribution is -0.384. The van der Waals surface area contributed by atoms with Crippen LogP contribution in [0, 0.1) is 10.1 Å². The van der Waals surface area contributed by atoms with Gasteiger partial charge >= 0.3 is 5.97 Å². The highest BCUT2D eigenvalue weighted by molar-refractivity contribution is 7.86. The van der Waals surface area contributed by atoms with Crippen LogP contribution >= 0.6 is 0 Å². The predicted octanol–water partition coefficient (Wildman–Crippen LogP) is 3.17. The first kappa shape index (κ1) is 20.9. The van der Waals surface area contributed by atoms with Crippen LogP contribution in [0.25, 0.3) is 10.8 Å². The van der Waals surface area contributed by atoms with E-state index in [0.717, 1.165) is 19.1 Å². The quantitative estimate of drug-likeness (QED) is 0.206. The number of amides is 1. The van der Waals surface area contributed by atoms with Crippen molar-refractivity contribution in [1.82, 2.24) is 0 Å². The molecule has 0 bridgehead atoms. The van der Waals surface area contributed by atoms with Crippen LogP contribution in [-0.4, -0.2) is 29.8 Å². The molecular weight excluding hydrogens is 416 g/mol. The van der Waals surface area contributed by atoms with Gasteiger partial charge in [-0.2, -0.15) is 8.42 Å². The molecule has 3 rings (SSSR count). The molecule has 30 heavy (non-hydrogen) atoms. The van der Waals surface area contributed by atoms with E-state index in [-0.39, 0.29) is 33.5 Å². The van der Waals surface area contributed by atoms with Gasteiger partial charge in [0.25, 0.3) is 21.7 Å². The van der Waals surface area contributed by atoms with Gasteiger partial charge in [0.05, 0.1) is 10.6 Å². The minimum Gasteiger partial charge on any atom is -0.424 e. The minimum atomic E-state index is -4.68. The van der Waals surface area contributed by atoms with Crippen LogP contribution < -0.4 is 10.1 Å². The van der Waals surface area contributed by atoms with Gasteiger partial charge in [0, 0.05) is 41.5 Å². The van der Waals surface area contributed by atoms with Crippen molar-refractivity contribution in [3.63, 3.8) is 0 Å². The molecule has 154 valence electrons. The van der Waals surface area contributed by atoms with E-state index in [2.05, 4.69) is 5.32 Å². The lowest BCUT2D eigenvalue weighted by atomic mass is 10.1. The number of carbonyl (C=O) groups is 2. The third-order valence-corrected chi connectivity index (χ3v) is 4.95. The predicted molar refractivity (Wildman–Crippen MR) is 106 cm³/mol. The maximum atomic E-state index is 12.7. The monoisotopic (exact) mass is 430 g/mol. The second kappa shape index (κ2) is 7.89. The number of nitrogens with zero attached hydrogens (tertiary/aromatic N) is 1. The molecule has 0 aliphatic carbocycles. The lowest BCUT2D eigenvalue weighted by Gasteiger charge is -2.16. The number of nitro benzene ring substituents is 1. The van der Waals surface area contributed by atoms with Crippen molar-refractivity contribution in [3.8, 4) is 5.75 Å². The second-order valence-electron chi connectivity index (χ2n) is 6.12. The molecule has 10 nitrogen and oxygen atoms in total. The summed E-state index contributed by atoms with van der Waals surface area (Å²) in [6.45, 7) is 1.08. The van der Waals surface area contributed by atoms with Crippen molar-refractivity contribution in [2.75, 3.05) is 5.32 Å². The van der Waals surface area contributed by atoms with Crippen molar-refractivity contribution in [2.45, 2.75) is 11.8 Å². The van der Waals surface area contributed by atoms with E-state index in [1.807, 2.05) is 0 Å². The molecule has 2 N–H and O–H groups in total. The molecule has 0 radical (unpaired) electrons. The van der Waals surface area contributed by atoms with E-state index in [0.29, 0.717) is 0 Å². The highest BCUT2D eigenvalue weighted by Gasteiger charge is 2.23. The molecule has 3 aromatic rings. The van der Waals surface area contributed by atoms with Crippen molar-refractivity contribution in [3.05, 3.63) is 70.3 Å². The van der Waals surface area contributed by atoms with E-state index in [9.17, 15) is 32.7 Å². The summed E-state index contributed by atoms with van der Waals surface area (Å²) in [6, 6.07) is 11.8. The number of hydrogen-bond acceptors (Lipinski definition) is 7. The normalized spacial score (nSPS) is 11.1. The van der Waals surface area contributed by atoms with E-state index in [4.69, 9.17) is 4.74 Å². The van der Waals surface area contributed by atoms with Crippen molar-refractivity contribution >= 4 is 44.1 Å². The SMILES string of the molecule is CC(=O)Oc1cc(S(=O)(=O)O)c2ccccc2c1NC(=O)c1cccc([N+](=O)[O-])c1. The van der Waals surface area contributed by atoms with Crippen LogP contribution in [0.15, 0.2) is 59.5 Å². The number of nitro groups is 1. The van der Waals surface area contributed by atoms with Gasteiger partial charge in [0.1, 0.15) is 4.90 Å². The van der Waals surface area contributed by atoms with Crippen molar-refractivity contribution in [2.24, 2.45) is 0 Å². The fraction of sp³-hybridized carbons (Fsp3) is 0.0526. The molecule has 0 atom stereocenters. The largest absolute Gasteiger partial charge is 0.424 e. The zero-order chi connectivity index (χ0) is 22.1. The van der Waals surface area contributed by atoms with Crippen LogP contribution in [0.2, 0.25) is 0 Å². The van der Waals surface area contributed by atoms with E-state index in [1.165, 1.54) is 36.4 Å². The first-order valence-electron chi connectivity index (χ1n) is 8.35. The third kappa shape index (κ3) is 4.26. The van der Waals surface area contributed by atoms with Crippen LogP contribution in [0.5, 0.6) is 5.75 Å². The lowest BCUT2D eigenvalue weighted by Crippen LogP contribution is -2.15. The van der Waals surface area contributed by atoms with Crippen LogP contribution in [-0.2, 0) is 14.9 Å². The van der Waals surface area contributed by atoms with Gasteiger partial charge < -0.3 is 10.1 Å². The summed E-state index contributed by atoms with van der Waals surface area (Å²) in [7, 11) is -4.68. The number of carbonyl (C=O) groups excluding carboxylic acids is 2. The molecule has 0 aliphatic heterocycles. The highest BCUT2D eigenvalue weighted by Crippen LogP contribution is 2.38. The Balaban J connectivity index is 2.19. The topological polar surface area (TPSA) is 153 Å². The van der Waals surface area contributed by atoms with Gasteiger partial charge in [-0.15, -0.1) is 0 Å². The summed E-state index contributed by atoms with van der Waals surface area (Å²) in [4.78, 5) is 34.0. The Hall–Kier alpha value is -3.83. The summed E-state index contributed by atoms with van der Waals surface area (Å²) in [5, 5.41) is 13.7. The fourth-order valence-corrected chi connectivity index (χ4v) is 3.55. The maximum absolute atomic E-state index is 12.7. The molecular formula is C19H14N2O8S. The summed E-state index contributed by atoms with van der Waals surface area (Å²) in [5.74, 6) is -1.86. The molecule has 0 unspecified atom stereocenters. The number of benzene rings is 3. The minimum absolute atomic E-state index is 0.0373. The molecule has 0 saturated heterocycles. The van der Waals surface area contributed by atoms with Gasteiger partial charge in [0.2, 0.25) is 0 Å². The number of hydrogen-bond donors (Lipinski definition) is 2. The molecule has 0 heterocycles. The smallest absolute Gasteiger partial charge is 0.308 e. The average Bonchev–Trinajstić information content (AvgIpc) is 2.68. The zero-order valence-corrected chi connectivity index (χ0v) is 16.2. The van der Waals surface area contributed by atoms with Crippen LogP contribution in [0.1, 0.15) is 17.3 Å². The van der Waals surface area contributed by atoms with Gasteiger partial charge in [-0.05, 0) is 6.07 Å². The molecule has 3 aromatic carbocycles. The fourth-order valence-electron chi connectivity index (χ4n) is 2.84. The second-order valence-corrected chi connectivity index (χ2v) is 7.51. The summed E-state index contributed by atoms with van der Waals surface area (Å²) < 4.78 is 38.2. The molecule has 0 fully saturated rings. The van der Waals surface area contributed by atoms with E-state index in [1.54, 1.807) is 6.07 Å². The number of esters is 1. The van der Waals surface area contributed by atoms with Gasteiger partial charge in [-0.3, -0.25) is 24.3 Å². The summed E-state index contributed by atoms with van der Waals surface area (Å²) >= 11 is 0. The number of anilines is 1. The average molecular weight is 430 g/mol. The molecule has 0 aliphatic rings. The first-order chi connectivity index (χ1) is 14.1. The Kier molecular flexibility index (Phi) is 5.49. The summed E-state index contributed by atoms with van der Waals surface area (Å²) in [6.07, 6.45) is 0. The Morgan fingerprint density at radius 1 is 1.07 bits per heavy atom. The Morgan fingerprint density at radius 3 is 2.33 bits per heavy atom. The first-order valence-corrected chi connectivity index (χ1v) is 9.79. The van der Waals surface area contributed by atoms with Gasteiger partial charge in [-0.25, -0.2) is 0 Å². The number of fused-ring (bicyclic) bond motifs is 1. The molecule has 1 amide bonds. The Labute approximate surface area is 170 Å².